The van der Waals surface area contributed by atoms with Crippen LogP contribution in [-0.4, -0.2) is 12.6 Å². The van der Waals surface area contributed by atoms with Crippen LogP contribution in [0, 0.1) is 0 Å². The average Bonchev–Trinajstić information content (AvgIpc) is 3.02. The summed E-state index contributed by atoms with van der Waals surface area (Å²) in [6, 6.07) is 6.40. The SMILES string of the molecule is Clc1cccc(C=CCNC2CC2)c1Cl. The fourth-order valence-corrected chi connectivity index (χ4v) is 1.73. The van der Waals surface area contributed by atoms with Crippen LogP contribution in [0.15, 0.2) is 24.3 Å². The smallest absolute Gasteiger partial charge is 0.0664 e. The highest BCUT2D eigenvalue weighted by Gasteiger charge is 2.18. The van der Waals surface area contributed by atoms with Gasteiger partial charge in [-0.3, -0.25) is 0 Å². The molecule has 1 nitrogen and oxygen atoms in total. The van der Waals surface area contributed by atoms with Gasteiger partial charge in [0.15, 0.2) is 0 Å². The molecule has 0 heterocycles. The molecule has 0 aliphatic heterocycles. The molecule has 0 atom stereocenters. The first kappa shape index (κ1) is 11.0. The van der Waals surface area contributed by atoms with Crippen molar-refractivity contribution < 1.29 is 0 Å². The van der Waals surface area contributed by atoms with Crippen molar-refractivity contribution in [3.05, 3.63) is 39.9 Å². The first-order valence-corrected chi connectivity index (χ1v) is 5.87. The maximum Gasteiger partial charge on any atom is 0.0664 e. The highest BCUT2D eigenvalue weighted by atomic mass is 35.5. The lowest BCUT2D eigenvalue weighted by Crippen LogP contribution is -2.15. The summed E-state index contributed by atoms with van der Waals surface area (Å²) in [5.41, 5.74) is 0.974. The van der Waals surface area contributed by atoms with E-state index in [1.807, 2.05) is 18.2 Å². The molecule has 0 radical (unpaired) electrons. The first-order valence-electron chi connectivity index (χ1n) is 5.11. The predicted octanol–water partition coefficient (Wildman–Crippen LogP) is 3.76. The second kappa shape index (κ2) is 5.02. The Morgan fingerprint density at radius 3 is 2.87 bits per heavy atom. The Balaban J connectivity index is 1.93. The van der Waals surface area contributed by atoms with E-state index in [4.69, 9.17) is 23.2 Å². The van der Waals surface area contributed by atoms with E-state index in [1.165, 1.54) is 12.8 Å². The molecule has 0 amide bonds. The summed E-state index contributed by atoms with van der Waals surface area (Å²) >= 11 is 11.9. The summed E-state index contributed by atoms with van der Waals surface area (Å²) in [5.74, 6) is 0. The molecule has 1 saturated carbocycles. The molecule has 1 aliphatic carbocycles. The van der Waals surface area contributed by atoms with E-state index >= 15 is 0 Å². The van der Waals surface area contributed by atoms with Gasteiger partial charge in [-0.05, 0) is 24.5 Å². The summed E-state index contributed by atoms with van der Waals surface area (Å²) in [6.45, 7) is 0.896. The van der Waals surface area contributed by atoms with Crippen molar-refractivity contribution in [2.24, 2.45) is 0 Å². The van der Waals surface area contributed by atoms with Crippen LogP contribution >= 0.6 is 23.2 Å². The number of hydrogen-bond donors (Lipinski definition) is 1. The Kier molecular flexibility index (Phi) is 3.68. The molecule has 80 valence electrons. The van der Waals surface area contributed by atoms with Crippen LogP contribution in [-0.2, 0) is 0 Å². The van der Waals surface area contributed by atoms with Gasteiger partial charge >= 0.3 is 0 Å². The molecule has 0 unspecified atom stereocenters. The minimum Gasteiger partial charge on any atom is -0.311 e. The molecular weight excluding hydrogens is 229 g/mol. The maximum atomic E-state index is 6.04. The van der Waals surface area contributed by atoms with E-state index in [0.29, 0.717) is 10.0 Å². The molecule has 1 N–H and O–H groups in total. The third-order valence-corrected chi connectivity index (χ3v) is 3.21. The molecule has 1 aliphatic rings. The summed E-state index contributed by atoms with van der Waals surface area (Å²) in [5, 5.41) is 4.63. The predicted molar refractivity (Wildman–Crippen MR) is 66.5 cm³/mol. The summed E-state index contributed by atoms with van der Waals surface area (Å²) < 4.78 is 0. The van der Waals surface area contributed by atoms with Gasteiger partial charge in [-0.1, -0.05) is 47.5 Å². The molecule has 0 spiro atoms. The molecule has 1 aromatic carbocycles. The number of benzene rings is 1. The summed E-state index contributed by atoms with van der Waals surface area (Å²) in [7, 11) is 0. The van der Waals surface area contributed by atoms with Crippen molar-refractivity contribution in [3.8, 4) is 0 Å². The Bertz CT molecular complexity index is 370. The van der Waals surface area contributed by atoms with Gasteiger partial charge in [0, 0.05) is 12.6 Å². The van der Waals surface area contributed by atoms with Crippen molar-refractivity contribution in [1.29, 1.82) is 0 Å². The zero-order valence-electron chi connectivity index (χ0n) is 8.34. The largest absolute Gasteiger partial charge is 0.311 e. The van der Waals surface area contributed by atoms with E-state index in [9.17, 15) is 0 Å². The van der Waals surface area contributed by atoms with Gasteiger partial charge in [-0.15, -0.1) is 0 Å². The zero-order valence-corrected chi connectivity index (χ0v) is 9.85. The third kappa shape index (κ3) is 3.23. The van der Waals surface area contributed by atoms with Gasteiger partial charge in [0.2, 0.25) is 0 Å². The zero-order chi connectivity index (χ0) is 10.7. The van der Waals surface area contributed by atoms with Crippen LogP contribution in [0.25, 0.3) is 6.08 Å². The van der Waals surface area contributed by atoms with Crippen molar-refractivity contribution in [2.75, 3.05) is 6.54 Å². The summed E-state index contributed by atoms with van der Waals surface area (Å²) in [6.07, 6.45) is 6.71. The fourth-order valence-electron chi connectivity index (χ4n) is 1.36. The van der Waals surface area contributed by atoms with E-state index in [1.54, 1.807) is 6.07 Å². The molecule has 15 heavy (non-hydrogen) atoms. The second-order valence-corrected chi connectivity index (χ2v) is 4.51. The number of rotatable bonds is 4. The maximum absolute atomic E-state index is 6.04. The standard InChI is InChI=1S/C12H13Cl2N/c13-11-5-1-3-9(12(11)14)4-2-8-15-10-6-7-10/h1-5,10,15H,6-8H2. The molecule has 1 aromatic rings. The fraction of sp³-hybridized carbons (Fsp3) is 0.333. The Labute approximate surface area is 100 Å². The highest BCUT2D eigenvalue weighted by Crippen LogP contribution is 2.26. The van der Waals surface area contributed by atoms with Gasteiger partial charge in [-0.25, -0.2) is 0 Å². The molecule has 0 bridgehead atoms. The number of nitrogens with one attached hydrogen (secondary N) is 1. The molecule has 1 fully saturated rings. The lowest BCUT2D eigenvalue weighted by atomic mass is 10.2. The van der Waals surface area contributed by atoms with Crippen molar-refractivity contribution in [2.45, 2.75) is 18.9 Å². The Morgan fingerprint density at radius 2 is 2.13 bits per heavy atom. The quantitative estimate of drug-likeness (QED) is 0.847. The Morgan fingerprint density at radius 1 is 1.33 bits per heavy atom. The monoisotopic (exact) mass is 241 g/mol. The lowest BCUT2D eigenvalue weighted by Gasteiger charge is -2.00. The van der Waals surface area contributed by atoms with E-state index in [2.05, 4.69) is 11.4 Å². The van der Waals surface area contributed by atoms with Gasteiger partial charge in [0.1, 0.15) is 0 Å². The van der Waals surface area contributed by atoms with Crippen molar-refractivity contribution >= 4 is 29.3 Å². The van der Waals surface area contributed by atoms with Gasteiger partial charge < -0.3 is 5.32 Å². The Hall–Kier alpha value is -0.500. The lowest BCUT2D eigenvalue weighted by molar-refractivity contribution is 0.754. The van der Waals surface area contributed by atoms with E-state index in [-0.39, 0.29) is 0 Å². The molecule has 2 rings (SSSR count). The second-order valence-electron chi connectivity index (χ2n) is 3.73. The van der Waals surface area contributed by atoms with Gasteiger partial charge in [0.05, 0.1) is 10.0 Å². The minimum absolute atomic E-state index is 0.606. The number of halogens is 2. The third-order valence-electron chi connectivity index (χ3n) is 2.38. The summed E-state index contributed by atoms with van der Waals surface area (Å²) in [4.78, 5) is 0. The van der Waals surface area contributed by atoms with Crippen LogP contribution in [0.3, 0.4) is 0 Å². The van der Waals surface area contributed by atoms with Crippen molar-refractivity contribution in [3.63, 3.8) is 0 Å². The van der Waals surface area contributed by atoms with E-state index in [0.717, 1.165) is 18.2 Å². The van der Waals surface area contributed by atoms with Crippen LogP contribution in [0.5, 0.6) is 0 Å². The molecule has 0 saturated heterocycles. The minimum atomic E-state index is 0.606. The molecule has 0 aromatic heterocycles. The number of hydrogen-bond acceptors (Lipinski definition) is 1. The van der Waals surface area contributed by atoms with Crippen LogP contribution in [0.1, 0.15) is 18.4 Å². The van der Waals surface area contributed by atoms with E-state index < -0.39 is 0 Å². The van der Waals surface area contributed by atoms with Crippen LogP contribution < -0.4 is 5.32 Å². The van der Waals surface area contributed by atoms with Gasteiger partial charge in [-0.2, -0.15) is 0 Å². The molecular formula is C12H13Cl2N. The van der Waals surface area contributed by atoms with Crippen LogP contribution in [0.2, 0.25) is 10.0 Å². The first-order chi connectivity index (χ1) is 7.27. The molecule has 3 heteroatoms. The van der Waals surface area contributed by atoms with Crippen molar-refractivity contribution in [1.82, 2.24) is 5.32 Å². The van der Waals surface area contributed by atoms with Crippen LogP contribution in [0.4, 0.5) is 0 Å². The van der Waals surface area contributed by atoms with Gasteiger partial charge in [0.25, 0.3) is 0 Å². The highest BCUT2D eigenvalue weighted by molar-refractivity contribution is 6.42. The normalized spacial score (nSPS) is 16.1. The average molecular weight is 242 g/mol. The topological polar surface area (TPSA) is 12.0 Å².